The lowest BCUT2D eigenvalue weighted by Crippen LogP contribution is -2.17. The van der Waals surface area contributed by atoms with E-state index in [-0.39, 0.29) is 0 Å². The van der Waals surface area contributed by atoms with Gasteiger partial charge in [0.1, 0.15) is 0 Å². The third-order valence-electron chi connectivity index (χ3n) is 4.24. The van der Waals surface area contributed by atoms with Crippen LogP contribution in [0.5, 0.6) is 0 Å². The summed E-state index contributed by atoms with van der Waals surface area (Å²) in [5.74, 6) is 0.872. The van der Waals surface area contributed by atoms with Crippen LogP contribution in [0, 0.1) is 5.92 Å². The normalized spacial score (nSPS) is 16.2. The quantitative estimate of drug-likeness (QED) is 0.658. The molecule has 0 unspecified atom stereocenters. The number of hydrogen-bond donors (Lipinski definition) is 0. The van der Waals surface area contributed by atoms with E-state index in [0.29, 0.717) is 0 Å². The second-order valence-electron chi connectivity index (χ2n) is 5.32. The number of benzene rings is 1. The van der Waals surface area contributed by atoms with Crippen molar-refractivity contribution in [3.63, 3.8) is 0 Å². The summed E-state index contributed by atoms with van der Waals surface area (Å²) in [6.07, 6.45) is 8.08. The predicted molar refractivity (Wildman–Crippen MR) is 74.6 cm³/mol. The summed E-state index contributed by atoms with van der Waals surface area (Å²) in [7, 11) is 0. The highest BCUT2D eigenvalue weighted by Crippen LogP contribution is 2.33. The SMILES string of the molecule is c1ccc2c(c1)c1cnccc1n2CC1CCC1. The van der Waals surface area contributed by atoms with E-state index in [4.69, 9.17) is 0 Å². The molecule has 2 heterocycles. The number of nitrogens with zero attached hydrogens (tertiary/aromatic N) is 2. The van der Waals surface area contributed by atoms with Gasteiger partial charge in [-0.1, -0.05) is 24.6 Å². The van der Waals surface area contributed by atoms with Gasteiger partial charge >= 0.3 is 0 Å². The average Bonchev–Trinajstić information content (AvgIpc) is 2.69. The van der Waals surface area contributed by atoms with Gasteiger partial charge in [0.15, 0.2) is 0 Å². The lowest BCUT2D eigenvalue weighted by Gasteiger charge is -2.26. The first-order valence-electron chi connectivity index (χ1n) is 6.74. The van der Waals surface area contributed by atoms with Gasteiger partial charge in [0.25, 0.3) is 0 Å². The standard InChI is InChI=1S/C16H16N2/c1-2-7-15-13(6-1)14-10-17-9-8-16(14)18(15)11-12-4-3-5-12/h1-2,6-10,12H,3-5,11H2. The van der Waals surface area contributed by atoms with Gasteiger partial charge in [0.05, 0.1) is 5.52 Å². The summed E-state index contributed by atoms with van der Waals surface area (Å²) < 4.78 is 2.48. The van der Waals surface area contributed by atoms with Crippen LogP contribution in [0.4, 0.5) is 0 Å². The molecule has 0 radical (unpaired) electrons. The number of para-hydroxylation sites is 1. The fourth-order valence-corrected chi connectivity index (χ4v) is 3.03. The molecule has 2 heteroatoms. The largest absolute Gasteiger partial charge is 0.340 e. The molecule has 0 bridgehead atoms. The van der Waals surface area contributed by atoms with Gasteiger partial charge in [-0.2, -0.15) is 0 Å². The van der Waals surface area contributed by atoms with Crippen LogP contribution in [-0.2, 0) is 6.54 Å². The lowest BCUT2D eigenvalue weighted by atomic mass is 9.85. The van der Waals surface area contributed by atoms with Crippen molar-refractivity contribution in [3.05, 3.63) is 42.7 Å². The molecule has 3 aromatic rings. The molecule has 0 atom stereocenters. The van der Waals surface area contributed by atoms with Crippen molar-refractivity contribution >= 4 is 21.8 Å². The van der Waals surface area contributed by atoms with Crippen LogP contribution >= 0.6 is 0 Å². The van der Waals surface area contributed by atoms with E-state index in [1.807, 2.05) is 12.4 Å². The van der Waals surface area contributed by atoms with E-state index in [9.17, 15) is 0 Å². The molecule has 0 aliphatic heterocycles. The maximum atomic E-state index is 4.28. The molecule has 1 aromatic carbocycles. The van der Waals surface area contributed by atoms with Crippen molar-refractivity contribution in [2.24, 2.45) is 5.92 Å². The third kappa shape index (κ3) is 1.38. The third-order valence-corrected chi connectivity index (χ3v) is 4.24. The number of aromatic nitrogens is 2. The van der Waals surface area contributed by atoms with Gasteiger partial charge in [0.2, 0.25) is 0 Å². The van der Waals surface area contributed by atoms with Crippen LogP contribution in [0.15, 0.2) is 42.7 Å². The van der Waals surface area contributed by atoms with Crippen LogP contribution in [0.3, 0.4) is 0 Å². The van der Waals surface area contributed by atoms with Crippen LogP contribution in [0.25, 0.3) is 21.8 Å². The molecular weight excluding hydrogens is 220 g/mol. The van der Waals surface area contributed by atoms with Crippen molar-refractivity contribution in [2.75, 3.05) is 0 Å². The van der Waals surface area contributed by atoms with Crippen molar-refractivity contribution in [1.29, 1.82) is 0 Å². The van der Waals surface area contributed by atoms with Gasteiger partial charge < -0.3 is 4.57 Å². The predicted octanol–water partition coefficient (Wildman–Crippen LogP) is 3.99. The number of fused-ring (bicyclic) bond motifs is 3. The Morgan fingerprint density at radius 1 is 1.06 bits per heavy atom. The zero-order valence-electron chi connectivity index (χ0n) is 10.3. The van der Waals surface area contributed by atoms with E-state index in [1.165, 1.54) is 41.1 Å². The molecule has 4 rings (SSSR count). The van der Waals surface area contributed by atoms with Crippen molar-refractivity contribution in [1.82, 2.24) is 9.55 Å². The molecule has 18 heavy (non-hydrogen) atoms. The van der Waals surface area contributed by atoms with Crippen molar-refractivity contribution in [3.8, 4) is 0 Å². The Morgan fingerprint density at radius 2 is 1.89 bits per heavy atom. The molecule has 1 fully saturated rings. The van der Waals surface area contributed by atoms with Gasteiger partial charge in [-0.3, -0.25) is 4.98 Å². The summed E-state index contributed by atoms with van der Waals surface area (Å²) in [6, 6.07) is 10.8. The summed E-state index contributed by atoms with van der Waals surface area (Å²) in [5.41, 5.74) is 2.69. The van der Waals surface area contributed by atoms with Crippen LogP contribution in [0.2, 0.25) is 0 Å². The van der Waals surface area contributed by atoms with Crippen LogP contribution in [0.1, 0.15) is 19.3 Å². The zero-order valence-corrected chi connectivity index (χ0v) is 10.3. The fraction of sp³-hybridized carbons (Fsp3) is 0.312. The molecule has 2 aromatic heterocycles. The lowest BCUT2D eigenvalue weighted by molar-refractivity contribution is 0.282. The molecule has 2 nitrogen and oxygen atoms in total. The number of hydrogen-bond acceptors (Lipinski definition) is 1. The topological polar surface area (TPSA) is 17.8 Å². The Balaban J connectivity index is 2.00. The van der Waals surface area contributed by atoms with E-state index < -0.39 is 0 Å². The van der Waals surface area contributed by atoms with Crippen molar-refractivity contribution in [2.45, 2.75) is 25.8 Å². The van der Waals surface area contributed by atoms with Gasteiger partial charge in [-0.05, 0) is 30.9 Å². The molecule has 1 aliphatic carbocycles. The summed E-state index contributed by atoms with van der Waals surface area (Å²) in [5, 5.41) is 2.62. The summed E-state index contributed by atoms with van der Waals surface area (Å²) >= 11 is 0. The second-order valence-corrected chi connectivity index (χ2v) is 5.32. The van der Waals surface area contributed by atoms with E-state index in [1.54, 1.807) is 0 Å². The van der Waals surface area contributed by atoms with Gasteiger partial charge in [-0.15, -0.1) is 0 Å². The smallest absolute Gasteiger partial charge is 0.0522 e. The van der Waals surface area contributed by atoms with Gasteiger partial charge in [0, 0.05) is 35.2 Å². The minimum absolute atomic E-state index is 0.872. The fourth-order valence-electron chi connectivity index (χ4n) is 3.03. The molecule has 90 valence electrons. The first kappa shape index (κ1) is 10.1. The molecule has 1 saturated carbocycles. The minimum Gasteiger partial charge on any atom is -0.340 e. The zero-order chi connectivity index (χ0) is 11.9. The molecular formula is C16H16N2. The van der Waals surface area contributed by atoms with Gasteiger partial charge in [-0.25, -0.2) is 0 Å². The molecule has 0 saturated heterocycles. The Labute approximate surface area is 106 Å². The summed E-state index contributed by atoms with van der Waals surface area (Å²) in [6.45, 7) is 1.16. The number of pyridine rings is 1. The first-order valence-corrected chi connectivity index (χ1v) is 6.74. The van der Waals surface area contributed by atoms with Crippen LogP contribution < -0.4 is 0 Å². The second kappa shape index (κ2) is 3.84. The Bertz CT molecular complexity index is 654. The van der Waals surface area contributed by atoms with E-state index in [2.05, 4.69) is 39.9 Å². The Kier molecular flexibility index (Phi) is 2.16. The maximum absolute atomic E-state index is 4.28. The number of rotatable bonds is 2. The first-order chi connectivity index (χ1) is 8.93. The van der Waals surface area contributed by atoms with E-state index in [0.717, 1.165) is 12.5 Å². The molecule has 0 amide bonds. The Hall–Kier alpha value is -1.83. The van der Waals surface area contributed by atoms with Crippen LogP contribution in [-0.4, -0.2) is 9.55 Å². The summed E-state index contributed by atoms with van der Waals surface area (Å²) in [4.78, 5) is 4.28. The Morgan fingerprint density at radius 3 is 2.72 bits per heavy atom. The highest BCUT2D eigenvalue weighted by molar-refractivity contribution is 6.07. The van der Waals surface area contributed by atoms with Crippen molar-refractivity contribution < 1.29 is 0 Å². The molecule has 1 aliphatic rings. The highest BCUT2D eigenvalue weighted by atomic mass is 15.0. The van der Waals surface area contributed by atoms with E-state index >= 15 is 0 Å². The minimum atomic E-state index is 0.872. The molecule has 0 N–H and O–H groups in total. The highest BCUT2D eigenvalue weighted by Gasteiger charge is 2.20. The monoisotopic (exact) mass is 236 g/mol. The maximum Gasteiger partial charge on any atom is 0.0522 e. The molecule has 0 spiro atoms. The average molecular weight is 236 g/mol.